The molecule has 0 N–H and O–H groups in total. The summed E-state index contributed by atoms with van der Waals surface area (Å²) in [6, 6.07) is 10.3. The first-order chi connectivity index (χ1) is 9.67. The fraction of sp³-hybridized carbons (Fsp3) is 0.312. The minimum atomic E-state index is 0.146. The molecule has 0 unspecified atom stereocenters. The zero-order valence-electron chi connectivity index (χ0n) is 12.1. The van der Waals surface area contributed by atoms with Crippen molar-refractivity contribution in [1.29, 1.82) is 0 Å². The van der Waals surface area contributed by atoms with Crippen LogP contribution in [-0.2, 0) is 4.79 Å². The summed E-state index contributed by atoms with van der Waals surface area (Å²) in [6.07, 6.45) is 0. The monoisotopic (exact) mass is 305 g/mol. The molecule has 0 aliphatic carbocycles. The molecule has 0 fully saturated rings. The van der Waals surface area contributed by atoms with Crippen LogP contribution in [0.4, 0.5) is 0 Å². The Morgan fingerprint density at radius 3 is 2.40 bits per heavy atom. The summed E-state index contributed by atoms with van der Waals surface area (Å²) < 4.78 is 1.10. The Morgan fingerprint density at radius 1 is 1.15 bits per heavy atom. The van der Waals surface area contributed by atoms with Gasteiger partial charge in [0.25, 0.3) is 5.91 Å². The van der Waals surface area contributed by atoms with E-state index in [1.54, 1.807) is 23.5 Å². The lowest BCUT2D eigenvalue weighted by Gasteiger charge is -2.19. The number of amides is 1. The van der Waals surface area contributed by atoms with Gasteiger partial charge in [0.05, 0.1) is 4.24 Å². The number of carbonyl (C=O) groups excluding carboxylic acids is 1. The van der Waals surface area contributed by atoms with Gasteiger partial charge in [0.15, 0.2) is 0 Å². The van der Waals surface area contributed by atoms with Crippen molar-refractivity contribution in [3.8, 4) is 0 Å². The van der Waals surface area contributed by atoms with Gasteiger partial charge >= 0.3 is 0 Å². The number of carbonyl (C=O) groups is 1. The zero-order valence-corrected chi connectivity index (χ0v) is 13.7. The predicted molar refractivity (Wildman–Crippen MR) is 90.2 cm³/mol. The number of thioether (sulfide) groups is 2. The highest BCUT2D eigenvalue weighted by Gasteiger charge is 2.21. The predicted octanol–water partition coefficient (Wildman–Crippen LogP) is 4.56. The van der Waals surface area contributed by atoms with Crippen LogP contribution in [0.5, 0.6) is 0 Å². The molecule has 1 aliphatic heterocycles. The Hall–Kier alpha value is -1.13. The average molecular weight is 305 g/mol. The summed E-state index contributed by atoms with van der Waals surface area (Å²) in [5.41, 5.74) is 2.06. The van der Waals surface area contributed by atoms with Gasteiger partial charge in [-0.15, -0.1) is 0 Å². The molecule has 2 rings (SSSR count). The number of hydrogen-bond acceptors (Lipinski definition) is 3. The van der Waals surface area contributed by atoms with Crippen molar-refractivity contribution in [3.05, 3.63) is 51.1 Å². The molecule has 0 spiro atoms. The summed E-state index contributed by atoms with van der Waals surface area (Å²) in [5, 5.41) is 2.13. The lowest BCUT2D eigenvalue weighted by atomic mass is 10.2. The molecule has 0 saturated carbocycles. The standard InChI is InChI=1S/C16H19NOS2/c1-4-17(5-2)15(18)12(3)16-19-11-14(20-16)13-9-7-6-8-10-13/h6-11H,4-5H2,1-3H3/b16-12-. The largest absolute Gasteiger partial charge is 0.339 e. The van der Waals surface area contributed by atoms with Crippen molar-refractivity contribution < 1.29 is 4.79 Å². The van der Waals surface area contributed by atoms with Gasteiger partial charge in [0.1, 0.15) is 0 Å². The van der Waals surface area contributed by atoms with Crippen LogP contribution in [0.3, 0.4) is 0 Å². The molecule has 106 valence electrons. The normalized spacial score (nSPS) is 16.9. The van der Waals surface area contributed by atoms with Gasteiger partial charge in [0.2, 0.25) is 0 Å². The van der Waals surface area contributed by atoms with Crippen LogP contribution in [-0.4, -0.2) is 23.9 Å². The van der Waals surface area contributed by atoms with Crippen molar-refractivity contribution in [3.63, 3.8) is 0 Å². The van der Waals surface area contributed by atoms with E-state index in [-0.39, 0.29) is 5.91 Å². The van der Waals surface area contributed by atoms with Crippen LogP contribution in [0.2, 0.25) is 0 Å². The van der Waals surface area contributed by atoms with Gasteiger partial charge in [-0.2, -0.15) is 0 Å². The highest BCUT2D eigenvalue weighted by atomic mass is 32.2. The molecule has 1 aromatic rings. The van der Waals surface area contributed by atoms with Gasteiger partial charge in [-0.3, -0.25) is 4.79 Å². The van der Waals surface area contributed by atoms with E-state index in [2.05, 4.69) is 17.5 Å². The maximum absolute atomic E-state index is 12.4. The lowest BCUT2D eigenvalue weighted by molar-refractivity contribution is -0.126. The van der Waals surface area contributed by atoms with E-state index in [0.717, 1.165) is 22.9 Å². The second kappa shape index (κ2) is 7.04. The molecule has 1 heterocycles. The van der Waals surface area contributed by atoms with E-state index in [9.17, 15) is 4.79 Å². The Labute approximate surface area is 129 Å². The van der Waals surface area contributed by atoms with Gasteiger partial charge in [-0.25, -0.2) is 0 Å². The van der Waals surface area contributed by atoms with Gasteiger partial charge < -0.3 is 4.90 Å². The van der Waals surface area contributed by atoms with Gasteiger partial charge in [-0.1, -0.05) is 53.9 Å². The van der Waals surface area contributed by atoms with Crippen LogP contribution in [0, 0.1) is 0 Å². The van der Waals surface area contributed by atoms with E-state index in [1.165, 1.54) is 10.5 Å². The van der Waals surface area contributed by atoms with E-state index >= 15 is 0 Å². The van der Waals surface area contributed by atoms with E-state index < -0.39 is 0 Å². The van der Waals surface area contributed by atoms with Crippen LogP contribution in [0.25, 0.3) is 4.91 Å². The second-order valence-corrected chi connectivity index (χ2v) is 6.65. The molecule has 0 saturated heterocycles. The third-order valence-electron chi connectivity index (χ3n) is 3.21. The smallest absolute Gasteiger partial charge is 0.251 e. The highest BCUT2D eigenvalue weighted by Crippen LogP contribution is 2.49. The maximum Gasteiger partial charge on any atom is 0.251 e. The van der Waals surface area contributed by atoms with Gasteiger partial charge in [0, 0.05) is 23.6 Å². The Bertz CT molecular complexity index is 545. The van der Waals surface area contributed by atoms with Crippen molar-refractivity contribution in [2.24, 2.45) is 0 Å². The van der Waals surface area contributed by atoms with Gasteiger partial charge in [-0.05, 0) is 31.7 Å². The zero-order chi connectivity index (χ0) is 14.5. The fourth-order valence-electron chi connectivity index (χ4n) is 1.98. The van der Waals surface area contributed by atoms with Crippen molar-refractivity contribution in [2.75, 3.05) is 13.1 Å². The lowest BCUT2D eigenvalue weighted by Crippen LogP contribution is -2.31. The second-order valence-electron chi connectivity index (χ2n) is 4.46. The maximum atomic E-state index is 12.4. The molecular formula is C16H19NOS2. The van der Waals surface area contributed by atoms with E-state index in [4.69, 9.17) is 0 Å². The first-order valence-corrected chi connectivity index (χ1v) is 8.47. The minimum absolute atomic E-state index is 0.146. The summed E-state index contributed by atoms with van der Waals surface area (Å²) in [5.74, 6) is 0.146. The molecule has 0 bridgehead atoms. The van der Waals surface area contributed by atoms with E-state index in [0.29, 0.717) is 0 Å². The first kappa shape index (κ1) is 15.3. The molecular weight excluding hydrogens is 286 g/mol. The summed E-state index contributed by atoms with van der Waals surface area (Å²) in [7, 11) is 0. The quantitative estimate of drug-likeness (QED) is 0.760. The third-order valence-corrected chi connectivity index (χ3v) is 5.84. The van der Waals surface area contributed by atoms with Crippen molar-refractivity contribution >= 4 is 34.3 Å². The van der Waals surface area contributed by atoms with E-state index in [1.807, 2.05) is 43.9 Å². The van der Waals surface area contributed by atoms with Crippen LogP contribution < -0.4 is 0 Å². The molecule has 1 aliphatic rings. The fourth-order valence-corrected chi connectivity index (χ4v) is 4.24. The molecule has 2 nitrogen and oxygen atoms in total. The number of hydrogen-bond donors (Lipinski definition) is 0. The van der Waals surface area contributed by atoms with Crippen LogP contribution in [0.1, 0.15) is 26.3 Å². The molecule has 4 heteroatoms. The Kier molecular flexibility index (Phi) is 5.38. The molecule has 0 radical (unpaired) electrons. The Morgan fingerprint density at radius 2 is 1.80 bits per heavy atom. The molecule has 1 amide bonds. The molecule has 1 aromatic carbocycles. The number of likely N-dealkylation sites (N-methyl/N-ethyl adjacent to an activating group) is 1. The average Bonchev–Trinajstić information content (AvgIpc) is 2.98. The Balaban J connectivity index is 2.14. The van der Waals surface area contributed by atoms with Crippen molar-refractivity contribution in [1.82, 2.24) is 4.90 Å². The van der Waals surface area contributed by atoms with Crippen LogP contribution in [0.15, 0.2) is 45.6 Å². The van der Waals surface area contributed by atoms with Crippen molar-refractivity contribution in [2.45, 2.75) is 20.8 Å². The number of nitrogens with zero attached hydrogens (tertiary/aromatic N) is 1. The van der Waals surface area contributed by atoms with Crippen LogP contribution >= 0.6 is 23.5 Å². The molecule has 20 heavy (non-hydrogen) atoms. The topological polar surface area (TPSA) is 20.3 Å². The summed E-state index contributed by atoms with van der Waals surface area (Å²) >= 11 is 3.35. The molecule has 0 atom stereocenters. The first-order valence-electron chi connectivity index (χ1n) is 6.77. The summed E-state index contributed by atoms with van der Waals surface area (Å²) in [6.45, 7) is 7.48. The minimum Gasteiger partial charge on any atom is -0.339 e. The molecule has 0 aromatic heterocycles. The highest BCUT2D eigenvalue weighted by molar-refractivity contribution is 8.31. The number of benzene rings is 1. The number of rotatable bonds is 4. The summed E-state index contributed by atoms with van der Waals surface area (Å²) in [4.78, 5) is 15.4. The third kappa shape index (κ3) is 3.30. The SMILES string of the molecule is CCN(CC)C(=O)/C(C)=C1/SC=C(c2ccccc2)S1.